The number of nitrogens with one attached hydrogen (secondary N) is 1. The minimum absolute atomic E-state index is 0.167. The van der Waals surface area contributed by atoms with Crippen LogP contribution in [0.4, 0.5) is 11.8 Å². The second-order valence-corrected chi connectivity index (χ2v) is 7.58. The SMILES string of the molecule is CN(C)c1ccnc(N2CCCn3nc(CNC(=O)C4CCC4)cc3C2)n1. The first-order valence-electron chi connectivity index (χ1n) is 9.69. The molecule has 1 N–H and O–H groups in total. The number of carbonyl (C=O) groups is 1. The Labute approximate surface area is 159 Å². The Morgan fingerprint density at radius 1 is 1.30 bits per heavy atom. The van der Waals surface area contributed by atoms with Crippen LogP contribution in [0, 0.1) is 5.92 Å². The Balaban J connectivity index is 1.45. The van der Waals surface area contributed by atoms with Gasteiger partial charge in [0.25, 0.3) is 0 Å². The van der Waals surface area contributed by atoms with Gasteiger partial charge >= 0.3 is 0 Å². The maximum Gasteiger partial charge on any atom is 0.227 e. The van der Waals surface area contributed by atoms with Gasteiger partial charge < -0.3 is 15.1 Å². The first-order valence-corrected chi connectivity index (χ1v) is 9.69. The molecule has 1 amide bonds. The van der Waals surface area contributed by atoms with Crippen molar-refractivity contribution in [3.8, 4) is 0 Å². The third kappa shape index (κ3) is 3.89. The van der Waals surface area contributed by atoms with E-state index in [-0.39, 0.29) is 11.8 Å². The van der Waals surface area contributed by atoms with Gasteiger partial charge in [0, 0.05) is 39.3 Å². The summed E-state index contributed by atoms with van der Waals surface area (Å²) in [6.45, 7) is 2.99. The number of hydrogen-bond acceptors (Lipinski definition) is 6. The predicted octanol–water partition coefficient (Wildman–Crippen LogP) is 1.57. The van der Waals surface area contributed by atoms with E-state index in [0.717, 1.165) is 62.1 Å². The summed E-state index contributed by atoms with van der Waals surface area (Å²) in [5.74, 6) is 2.02. The number of rotatable bonds is 5. The zero-order valence-corrected chi connectivity index (χ0v) is 16.1. The molecule has 144 valence electrons. The number of aryl methyl sites for hydroxylation is 1. The number of amides is 1. The van der Waals surface area contributed by atoms with Crippen LogP contribution in [0.3, 0.4) is 0 Å². The zero-order chi connectivity index (χ0) is 18.8. The van der Waals surface area contributed by atoms with E-state index < -0.39 is 0 Å². The largest absolute Gasteiger partial charge is 0.363 e. The minimum Gasteiger partial charge on any atom is -0.363 e. The molecule has 8 heteroatoms. The van der Waals surface area contributed by atoms with E-state index in [1.807, 2.05) is 25.1 Å². The molecule has 4 rings (SSSR count). The summed E-state index contributed by atoms with van der Waals surface area (Å²) >= 11 is 0. The molecule has 0 bridgehead atoms. The Morgan fingerprint density at radius 3 is 2.89 bits per heavy atom. The fraction of sp³-hybridized carbons (Fsp3) is 0.579. The summed E-state index contributed by atoms with van der Waals surface area (Å²) in [4.78, 5) is 25.4. The molecule has 0 radical (unpaired) electrons. The summed E-state index contributed by atoms with van der Waals surface area (Å²) in [7, 11) is 3.96. The van der Waals surface area contributed by atoms with Crippen LogP contribution in [0.25, 0.3) is 0 Å². The highest BCUT2D eigenvalue weighted by atomic mass is 16.1. The fourth-order valence-corrected chi connectivity index (χ4v) is 3.51. The molecule has 8 nitrogen and oxygen atoms in total. The Hall–Kier alpha value is -2.64. The van der Waals surface area contributed by atoms with Crippen LogP contribution in [-0.4, -0.2) is 46.3 Å². The smallest absolute Gasteiger partial charge is 0.227 e. The Morgan fingerprint density at radius 2 is 2.15 bits per heavy atom. The lowest BCUT2D eigenvalue weighted by Gasteiger charge is -2.23. The van der Waals surface area contributed by atoms with Gasteiger partial charge in [-0.1, -0.05) is 6.42 Å². The van der Waals surface area contributed by atoms with E-state index in [4.69, 9.17) is 0 Å². The lowest BCUT2D eigenvalue weighted by atomic mass is 9.85. The van der Waals surface area contributed by atoms with Crippen molar-refractivity contribution in [1.82, 2.24) is 25.1 Å². The topological polar surface area (TPSA) is 79.2 Å². The first-order chi connectivity index (χ1) is 13.1. The van der Waals surface area contributed by atoms with E-state index in [9.17, 15) is 4.79 Å². The Bertz CT molecular complexity index is 812. The molecule has 27 heavy (non-hydrogen) atoms. The molecule has 0 atom stereocenters. The highest BCUT2D eigenvalue weighted by Crippen LogP contribution is 2.26. The van der Waals surface area contributed by atoms with Crippen molar-refractivity contribution in [2.75, 3.05) is 30.4 Å². The monoisotopic (exact) mass is 369 g/mol. The number of hydrogen-bond donors (Lipinski definition) is 1. The zero-order valence-electron chi connectivity index (χ0n) is 16.1. The molecule has 1 saturated carbocycles. The summed E-state index contributed by atoms with van der Waals surface area (Å²) in [5.41, 5.74) is 2.06. The highest BCUT2D eigenvalue weighted by molar-refractivity contribution is 5.79. The normalized spacial score (nSPS) is 17.0. The van der Waals surface area contributed by atoms with Gasteiger partial charge in [0.15, 0.2) is 0 Å². The van der Waals surface area contributed by atoms with Gasteiger partial charge in [-0.2, -0.15) is 10.1 Å². The molecule has 3 heterocycles. The molecule has 1 aliphatic heterocycles. The third-order valence-corrected chi connectivity index (χ3v) is 5.35. The average Bonchev–Trinajstić information content (AvgIpc) is 2.89. The lowest BCUT2D eigenvalue weighted by molar-refractivity contribution is -0.127. The lowest BCUT2D eigenvalue weighted by Crippen LogP contribution is -2.34. The number of nitrogens with zero attached hydrogens (tertiary/aromatic N) is 6. The van der Waals surface area contributed by atoms with Crippen LogP contribution in [0.1, 0.15) is 37.1 Å². The number of fused-ring (bicyclic) bond motifs is 1. The standard InChI is InChI=1S/C19H27N7O/c1-24(2)17-7-8-20-19(22-17)25-9-4-10-26-16(13-25)11-15(23-26)12-21-18(27)14-5-3-6-14/h7-8,11,14H,3-6,9-10,12-13H2,1-2H3,(H,21,27). The van der Waals surface area contributed by atoms with Gasteiger partial charge in [0.05, 0.1) is 24.5 Å². The van der Waals surface area contributed by atoms with E-state index >= 15 is 0 Å². The van der Waals surface area contributed by atoms with E-state index in [1.165, 1.54) is 6.42 Å². The summed E-state index contributed by atoms with van der Waals surface area (Å²) in [6, 6.07) is 4.00. The quantitative estimate of drug-likeness (QED) is 0.862. The maximum atomic E-state index is 12.0. The van der Waals surface area contributed by atoms with E-state index in [0.29, 0.717) is 6.54 Å². The molecule has 2 aliphatic rings. The molecular weight excluding hydrogens is 342 g/mol. The molecule has 2 aromatic heterocycles. The van der Waals surface area contributed by atoms with Crippen LogP contribution in [-0.2, 0) is 24.4 Å². The van der Waals surface area contributed by atoms with Crippen molar-refractivity contribution in [2.45, 2.75) is 45.3 Å². The van der Waals surface area contributed by atoms with Gasteiger partial charge in [0.2, 0.25) is 11.9 Å². The molecule has 2 aromatic rings. The van der Waals surface area contributed by atoms with Crippen molar-refractivity contribution in [2.24, 2.45) is 5.92 Å². The average molecular weight is 369 g/mol. The molecule has 0 aromatic carbocycles. The minimum atomic E-state index is 0.167. The Kier molecular flexibility index (Phi) is 4.96. The molecule has 0 saturated heterocycles. The second-order valence-electron chi connectivity index (χ2n) is 7.58. The third-order valence-electron chi connectivity index (χ3n) is 5.35. The summed E-state index contributed by atoms with van der Waals surface area (Å²) in [5, 5.41) is 7.72. The van der Waals surface area contributed by atoms with Crippen molar-refractivity contribution < 1.29 is 4.79 Å². The molecule has 1 fully saturated rings. The predicted molar refractivity (Wildman–Crippen MR) is 103 cm³/mol. The van der Waals surface area contributed by atoms with E-state index in [2.05, 4.69) is 36.0 Å². The second kappa shape index (κ2) is 7.54. The molecular formula is C19H27N7O. The van der Waals surface area contributed by atoms with Crippen molar-refractivity contribution in [3.05, 3.63) is 29.7 Å². The van der Waals surface area contributed by atoms with Crippen LogP contribution in [0.15, 0.2) is 18.3 Å². The summed E-state index contributed by atoms with van der Waals surface area (Å²) < 4.78 is 2.06. The van der Waals surface area contributed by atoms with Crippen LogP contribution >= 0.6 is 0 Å². The number of carbonyl (C=O) groups excluding carboxylic acids is 1. The van der Waals surface area contributed by atoms with Gasteiger partial charge in [0.1, 0.15) is 5.82 Å². The number of anilines is 2. The van der Waals surface area contributed by atoms with Gasteiger partial charge in [-0.15, -0.1) is 0 Å². The molecule has 1 aliphatic carbocycles. The van der Waals surface area contributed by atoms with Gasteiger partial charge in [-0.05, 0) is 31.4 Å². The van der Waals surface area contributed by atoms with E-state index in [1.54, 1.807) is 6.20 Å². The van der Waals surface area contributed by atoms with Crippen molar-refractivity contribution in [3.63, 3.8) is 0 Å². The highest BCUT2D eigenvalue weighted by Gasteiger charge is 2.25. The molecule has 0 unspecified atom stereocenters. The van der Waals surface area contributed by atoms with Crippen LogP contribution in [0.5, 0.6) is 0 Å². The molecule has 0 spiro atoms. The van der Waals surface area contributed by atoms with Gasteiger partial charge in [-0.3, -0.25) is 9.48 Å². The fourth-order valence-electron chi connectivity index (χ4n) is 3.51. The van der Waals surface area contributed by atoms with Crippen molar-refractivity contribution >= 4 is 17.7 Å². The van der Waals surface area contributed by atoms with Crippen molar-refractivity contribution in [1.29, 1.82) is 0 Å². The van der Waals surface area contributed by atoms with Crippen LogP contribution in [0.2, 0.25) is 0 Å². The maximum absolute atomic E-state index is 12.0. The van der Waals surface area contributed by atoms with Gasteiger partial charge in [-0.25, -0.2) is 4.98 Å². The summed E-state index contributed by atoms with van der Waals surface area (Å²) in [6.07, 6.45) is 6.00. The van der Waals surface area contributed by atoms with Crippen LogP contribution < -0.4 is 15.1 Å². The first kappa shape index (κ1) is 17.8. The number of aromatic nitrogens is 4.